The van der Waals surface area contributed by atoms with E-state index < -0.39 is 69.7 Å². The number of ketones is 2. The van der Waals surface area contributed by atoms with Crippen LogP contribution in [0.15, 0.2) is 12.2 Å². The molecule has 2 spiro atoms. The number of nitrogens with zero attached hydrogens (tertiary/aromatic N) is 1. The standard InChI is InChI=1S/C30H39NO8/c1-15-18-6-7-19-28-14-38-30(37,23(34)21(28)27(2,3)11-8-20(28)32)29(19,22(15)33)24(18)39-26(36)17-9-12-31(13-10-17)25(35)16-4-5-16/h16-19,21,23-24,34,37H,1,4-14H2,2-3H3/t18-,19-,21+,23-,24+,28+,29-,30-/m0/s1. The topological polar surface area (TPSA) is 130 Å². The molecule has 2 N–H and O–H groups in total. The van der Waals surface area contributed by atoms with Gasteiger partial charge in [0.2, 0.25) is 11.7 Å². The normalized spacial score (nSPS) is 46.6. The van der Waals surface area contributed by atoms with Gasteiger partial charge in [-0.25, -0.2) is 0 Å². The van der Waals surface area contributed by atoms with Crippen LogP contribution in [0.4, 0.5) is 0 Å². The number of piperidine rings is 1. The van der Waals surface area contributed by atoms with Gasteiger partial charge >= 0.3 is 5.97 Å². The number of amides is 1. The number of carbonyl (C=O) groups is 4. The number of aliphatic hydroxyl groups is 2. The van der Waals surface area contributed by atoms with E-state index in [1.807, 2.05) is 18.7 Å². The number of hydrogen-bond acceptors (Lipinski definition) is 8. The van der Waals surface area contributed by atoms with Crippen molar-refractivity contribution in [2.75, 3.05) is 19.7 Å². The van der Waals surface area contributed by atoms with Gasteiger partial charge in [-0.1, -0.05) is 20.4 Å². The molecule has 0 aromatic rings. The highest BCUT2D eigenvalue weighted by atomic mass is 16.6. The average Bonchev–Trinajstić information content (AvgIpc) is 3.75. The Labute approximate surface area is 228 Å². The van der Waals surface area contributed by atoms with Gasteiger partial charge < -0.3 is 24.6 Å². The Morgan fingerprint density at radius 3 is 2.41 bits per heavy atom. The summed E-state index contributed by atoms with van der Waals surface area (Å²) in [5, 5.41) is 24.1. The predicted molar refractivity (Wildman–Crippen MR) is 136 cm³/mol. The molecule has 8 rings (SSSR count). The molecule has 5 saturated carbocycles. The predicted octanol–water partition coefficient (Wildman–Crippen LogP) is 1.78. The molecule has 0 aromatic heterocycles. The van der Waals surface area contributed by atoms with E-state index in [1.54, 1.807) is 0 Å². The Balaban J connectivity index is 1.24. The van der Waals surface area contributed by atoms with Crippen LogP contribution in [0.2, 0.25) is 0 Å². The molecule has 0 radical (unpaired) electrons. The van der Waals surface area contributed by atoms with Crippen molar-refractivity contribution in [1.29, 1.82) is 0 Å². The molecule has 212 valence electrons. The van der Waals surface area contributed by atoms with E-state index in [9.17, 15) is 29.4 Å². The minimum Gasteiger partial charge on any atom is -0.460 e. The molecule has 8 aliphatic rings. The number of fused-ring (bicyclic) bond motifs is 2. The summed E-state index contributed by atoms with van der Waals surface area (Å²) in [4.78, 5) is 55.9. The van der Waals surface area contributed by atoms with Crippen LogP contribution < -0.4 is 0 Å². The van der Waals surface area contributed by atoms with E-state index in [4.69, 9.17) is 9.47 Å². The second kappa shape index (κ2) is 8.01. The number of hydrogen-bond donors (Lipinski definition) is 2. The van der Waals surface area contributed by atoms with Gasteiger partial charge in [0.1, 0.15) is 23.4 Å². The van der Waals surface area contributed by atoms with Crippen molar-refractivity contribution < 1.29 is 38.9 Å². The van der Waals surface area contributed by atoms with Gasteiger partial charge in [-0.3, -0.25) is 19.2 Å². The second-order valence-electron chi connectivity index (χ2n) is 14.1. The van der Waals surface area contributed by atoms with Crippen molar-refractivity contribution >= 4 is 23.4 Å². The molecule has 9 heteroatoms. The van der Waals surface area contributed by atoms with Crippen LogP contribution in [0.1, 0.15) is 65.2 Å². The van der Waals surface area contributed by atoms with Crippen LogP contribution in [0, 0.1) is 45.8 Å². The van der Waals surface area contributed by atoms with Crippen molar-refractivity contribution in [3.05, 3.63) is 12.2 Å². The maximum Gasteiger partial charge on any atom is 0.309 e. The Morgan fingerprint density at radius 2 is 1.74 bits per heavy atom. The van der Waals surface area contributed by atoms with Crippen molar-refractivity contribution in [3.8, 4) is 0 Å². The summed E-state index contributed by atoms with van der Waals surface area (Å²) in [6.45, 7) is 8.99. The van der Waals surface area contributed by atoms with E-state index in [0.29, 0.717) is 51.6 Å². The van der Waals surface area contributed by atoms with Gasteiger partial charge in [-0.05, 0) is 61.9 Å². The van der Waals surface area contributed by atoms with Crippen LogP contribution >= 0.6 is 0 Å². The van der Waals surface area contributed by atoms with Gasteiger partial charge in [-0.15, -0.1) is 0 Å². The third kappa shape index (κ3) is 2.97. The first-order chi connectivity index (χ1) is 18.4. The average molecular weight is 542 g/mol. The molecule has 5 aliphatic carbocycles. The molecule has 9 nitrogen and oxygen atoms in total. The first kappa shape index (κ1) is 25.8. The quantitative estimate of drug-likeness (QED) is 0.409. The zero-order valence-corrected chi connectivity index (χ0v) is 22.8. The molecule has 8 fully saturated rings. The third-order valence-electron chi connectivity index (χ3n) is 11.9. The Kier molecular flexibility index (Phi) is 5.31. The number of aliphatic hydroxyl groups excluding tert-OH is 1. The summed E-state index contributed by atoms with van der Waals surface area (Å²) in [7, 11) is 0. The van der Waals surface area contributed by atoms with Gasteiger partial charge in [0, 0.05) is 37.3 Å². The Bertz CT molecular complexity index is 1180. The van der Waals surface area contributed by atoms with Crippen molar-refractivity contribution in [2.24, 2.45) is 45.8 Å². The molecule has 8 atom stereocenters. The molecule has 3 aliphatic heterocycles. The number of carbonyl (C=O) groups excluding carboxylic acids is 4. The number of likely N-dealkylation sites (tertiary alicyclic amines) is 1. The smallest absolute Gasteiger partial charge is 0.309 e. The molecule has 1 amide bonds. The van der Waals surface area contributed by atoms with E-state index in [2.05, 4.69) is 6.58 Å². The lowest BCUT2D eigenvalue weighted by atomic mass is 9.36. The molecule has 0 aromatic carbocycles. The zero-order chi connectivity index (χ0) is 27.7. The number of rotatable bonds is 3. The van der Waals surface area contributed by atoms with Crippen molar-refractivity contribution in [1.82, 2.24) is 4.90 Å². The van der Waals surface area contributed by atoms with Crippen LogP contribution in [0.25, 0.3) is 0 Å². The highest BCUT2D eigenvalue weighted by molar-refractivity contribution is 6.06. The fraction of sp³-hybridized carbons (Fsp3) is 0.800. The first-order valence-corrected chi connectivity index (χ1v) is 14.7. The molecule has 3 saturated heterocycles. The zero-order valence-electron chi connectivity index (χ0n) is 22.8. The number of ether oxygens (including phenoxy) is 2. The van der Waals surface area contributed by atoms with Crippen molar-refractivity contribution in [3.63, 3.8) is 0 Å². The van der Waals surface area contributed by atoms with Gasteiger partial charge in [0.05, 0.1) is 17.9 Å². The molecule has 0 unspecified atom stereocenters. The first-order valence-electron chi connectivity index (χ1n) is 14.7. The SMILES string of the molecule is C=C1C(=O)[C@]23[C@H](OC(=O)C4CCN(C(=O)C5CC5)CC4)[C@H]1CC[C@H]2[C@@]12CO[C@@]3(O)[C@@H](O)[C@@H]1C(C)(C)CCC2=O. The molecular weight excluding hydrogens is 502 g/mol. The van der Waals surface area contributed by atoms with Crippen LogP contribution in [-0.2, 0) is 28.7 Å². The lowest BCUT2D eigenvalue weighted by molar-refractivity contribution is -0.437. The molecule has 3 heterocycles. The van der Waals surface area contributed by atoms with Gasteiger partial charge in [0.15, 0.2) is 5.78 Å². The third-order valence-corrected chi connectivity index (χ3v) is 11.9. The maximum atomic E-state index is 14.2. The lowest BCUT2D eigenvalue weighted by Gasteiger charge is -2.73. The number of Topliss-reactive ketones (excluding diaryl/α,β-unsaturated/α-hetero) is 2. The Morgan fingerprint density at radius 1 is 1.05 bits per heavy atom. The second-order valence-corrected chi connectivity index (χ2v) is 14.1. The monoisotopic (exact) mass is 541 g/mol. The van der Waals surface area contributed by atoms with E-state index in [-0.39, 0.29) is 29.8 Å². The fourth-order valence-electron chi connectivity index (χ4n) is 9.91. The van der Waals surface area contributed by atoms with Crippen LogP contribution in [-0.4, -0.2) is 76.2 Å². The Hall–Kier alpha value is -2.10. The maximum absolute atomic E-state index is 14.2. The highest BCUT2D eigenvalue weighted by Crippen LogP contribution is 2.76. The van der Waals surface area contributed by atoms with Gasteiger partial charge in [-0.2, -0.15) is 0 Å². The highest BCUT2D eigenvalue weighted by Gasteiger charge is 2.88. The summed E-state index contributed by atoms with van der Waals surface area (Å²) >= 11 is 0. The summed E-state index contributed by atoms with van der Waals surface area (Å²) < 4.78 is 12.2. The largest absolute Gasteiger partial charge is 0.460 e. The minimum atomic E-state index is -2.29. The van der Waals surface area contributed by atoms with E-state index in [1.165, 1.54) is 0 Å². The minimum absolute atomic E-state index is 0.0430. The summed E-state index contributed by atoms with van der Waals surface area (Å²) in [6, 6.07) is 0. The molecule has 4 bridgehead atoms. The summed E-state index contributed by atoms with van der Waals surface area (Å²) in [5.74, 6) is -5.10. The van der Waals surface area contributed by atoms with Crippen LogP contribution in [0.3, 0.4) is 0 Å². The lowest BCUT2D eigenvalue weighted by Crippen LogP contribution is -2.85. The van der Waals surface area contributed by atoms with Gasteiger partial charge in [0.25, 0.3) is 0 Å². The fourth-order valence-corrected chi connectivity index (χ4v) is 9.91. The number of esters is 1. The van der Waals surface area contributed by atoms with Crippen molar-refractivity contribution in [2.45, 2.75) is 83.2 Å². The van der Waals surface area contributed by atoms with Crippen LogP contribution in [0.5, 0.6) is 0 Å². The van der Waals surface area contributed by atoms with E-state index >= 15 is 0 Å². The molecule has 39 heavy (non-hydrogen) atoms. The van der Waals surface area contributed by atoms with E-state index in [0.717, 1.165) is 12.8 Å². The molecular formula is C30H39NO8. The summed E-state index contributed by atoms with van der Waals surface area (Å²) in [6.07, 6.45) is 2.15. The summed E-state index contributed by atoms with van der Waals surface area (Å²) in [5.41, 5.74) is -3.11.